The first kappa shape index (κ1) is 37.3. The predicted octanol–water partition coefficient (Wildman–Crippen LogP) is 5.48. The van der Waals surface area contributed by atoms with Gasteiger partial charge >= 0.3 is 0 Å². The van der Waals surface area contributed by atoms with Crippen LogP contribution in [-0.4, -0.2) is 87.3 Å². The zero-order chi connectivity index (χ0) is 39.6. The van der Waals surface area contributed by atoms with E-state index in [1.165, 1.54) is 17.3 Å². The summed E-state index contributed by atoms with van der Waals surface area (Å²) in [7, 11) is 1.80. The third-order valence-electron chi connectivity index (χ3n) is 12.8. The van der Waals surface area contributed by atoms with E-state index >= 15 is 0 Å². The minimum absolute atomic E-state index is 0.0204. The molecule has 2 N–H and O–H groups in total. The first-order chi connectivity index (χ1) is 27.5. The summed E-state index contributed by atoms with van der Waals surface area (Å²) in [5.74, 6) is 0.520. The Bertz CT molecular complexity index is 2340. The van der Waals surface area contributed by atoms with Gasteiger partial charge in [0.15, 0.2) is 5.82 Å². The number of carbonyl (C=O) groups excluding carboxylic acids is 2. The van der Waals surface area contributed by atoms with E-state index in [0.717, 1.165) is 99.7 Å². The number of amides is 2. The van der Waals surface area contributed by atoms with Crippen LogP contribution in [0.5, 0.6) is 0 Å². The fourth-order valence-corrected chi connectivity index (χ4v) is 9.99. The van der Waals surface area contributed by atoms with E-state index in [1.807, 2.05) is 29.2 Å². The van der Waals surface area contributed by atoms with Gasteiger partial charge in [-0.3, -0.25) is 24.2 Å². The summed E-state index contributed by atoms with van der Waals surface area (Å²) < 4.78 is 9.53. The van der Waals surface area contributed by atoms with Gasteiger partial charge in [-0.2, -0.15) is 0 Å². The Morgan fingerprint density at radius 1 is 1.02 bits per heavy atom. The largest absolute Gasteiger partial charge is 0.381 e. The molecular formula is C44H53N9O4. The fraction of sp³-hybridized carbons (Fsp3) is 0.477. The zero-order valence-electron chi connectivity index (χ0n) is 33.6. The van der Waals surface area contributed by atoms with Crippen LogP contribution in [0.4, 0.5) is 28.7 Å². The van der Waals surface area contributed by atoms with Crippen molar-refractivity contribution in [3.05, 3.63) is 87.7 Å². The molecule has 0 radical (unpaired) electrons. The summed E-state index contributed by atoms with van der Waals surface area (Å²) in [6, 6.07) is 10.6. The third-order valence-corrected chi connectivity index (χ3v) is 12.8. The number of rotatable bonds is 7. The van der Waals surface area contributed by atoms with Crippen LogP contribution >= 0.6 is 0 Å². The molecule has 298 valence electrons. The van der Waals surface area contributed by atoms with Crippen molar-refractivity contribution in [2.75, 3.05) is 59.8 Å². The minimum atomic E-state index is -0.310. The fourth-order valence-electron chi connectivity index (χ4n) is 9.99. The van der Waals surface area contributed by atoms with Gasteiger partial charge in [-0.1, -0.05) is 20.4 Å². The maximum Gasteiger partial charge on any atom is 0.293 e. The first-order valence-corrected chi connectivity index (χ1v) is 20.5. The van der Waals surface area contributed by atoms with Crippen molar-refractivity contribution in [1.29, 1.82) is 0 Å². The van der Waals surface area contributed by atoms with Crippen LogP contribution in [0, 0.1) is 5.41 Å². The molecule has 13 nitrogen and oxygen atoms in total. The molecule has 1 aromatic carbocycles. The summed E-state index contributed by atoms with van der Waals surface area (Å²) >= 11 is 0. The van der Waals surface area contributed by atoms with Crippen LogP contribution in [0.15, 0.2) is 54.0 Å². The number of piperazine rings is 1. The molecule has 2 amide bonds. The van der Waals surface area contributed by atoms with Crippen LogP contribution < -0.4 is 26.0 Å². The number of carbonyl (C=O) groups is 2. The maximum absolute atomic E-state index is 14.1. The summed E-state index contributed by atoms with van der Waals surface area (Å²) in [6.07, 6.45) is 9.25. The molecule has 57 heavy (non-hydrogen) atoms. The van der Waals surface area contributed by atoms with E-state index in [-0.39, 0.29) is 34.6 Å². The molecule has 2 fully saturated rings. The molecule has 6 heterocycles. The molecule has 3 aliphatic heterocycles. The lowest BCUT2D eigenvalue weighted by molar-refractivity contribution is -0.111. The van der Waals surface area contributed by atoms with Gasteiger partial charge in [-0.25, -0.2) is 9.97 Å². The second-order valence-electron chi connectivity index (χ2n) is 17.2. The second-order valence-corrected chi connectivity index (χ2v) is 17.2. The van der Waals surface area contributed by atoms with Crippen LogP contribution in [-0.2, 0) is 48.8 Å². The van der Waals surface area contributed by atoms with E-state index in [2.05, 4.69) is 58.4 Å². The Morgan fingerprint density at radius 3 is 2.63 bits per heavy atom. The third kappa shape index (κ3) is 6.74. The molecule has 0 bridgehead atoms. The van der Waals surface area contributed by atoms with Gasteiger partial charge in [0.05, 0.1) is 17.1 Å². The van der Waals surface area contributed by atoms with Gasteiger partial charge in [0.25, 0.3) is 11.5 Å². The van der Waals surface area contributed by atoms with E-state index in [0.29, 0.717) is 48.3 Å². The summed E-state index contributed by atoms with van der Waals surface area (Å²) in [5.41, 5.74) is 8.88. The number of ether oxygens (including phenoxy) is 1. The van der Waals surface area contributed by atoms with Crippen LogP contribution in [0.25, 0.3) is 11.3 Å². The highest BCUT2D eigenvalue weighted by Crippen LogP contribution is 2.41. The van der Waals surface area contributed by atoms with Gasteiger partial charge in [0.1, 0.15) is 11.5 Å². The van der Waals surface area contributed by atoms with E-state index in [9.17, 15) is 14.4 Å². The molecule has 2 aliphatic carbocycles. The molecule has 1 atom stereocenters. The summed E-state index contributed by atoms with van der Waals surface area (Å²) in [5, 5.41) is 6.34. The molecule has 3 aromatic heterocycles. The number of anilines is 5. The smallest absolute Gasteiger partial charge is 0.293 e. The van der Waals surface area contributed by atoms with Crippen LogP contribution in [0.1, 0.15) is 73.0 Å². The average molecular weight is 772 g/mol. The Hall–Kier alpha value is -5.27. The van der Waals surface area contributed by atoms with Crippen LogP contribution in [0.3, 0.4) is 0 Å². The Labute approximate surface area is 333 Å². The van der Waals surface area contributed by atoms with E-state index < -0.39 is 0 Å². The lowest BCUT2D eigenvalue weighted by Gasteiger charge is -2.45. The predicted molar refractivity (Wildman–Crippen MR) is 223 cm³/mol. The molecule has 4 aromatic rings. The van der Waals surface area contributed by atoms with Crippen molar-refractivity contribution < 1.29 is 14.3 Å². The number of benzene rings is 1. The number of hydrogen-bond donors (Lipinski definition) is 2. The number of aromatic nitrogens is 4. The highest BCUT2D eigenvalue weighted by Gasteiger charge is 2.38. The quantitative estimate of drug-likeness (QED) is 0.235. The highest BCUT2D eigenvalue weighted by atomic mass is 16.5. The van der Waals surface area contributed by atoms with Gasteiger partial charge < -0.3 is 29.4 Å². The molecule has 0 spiro atoms. The lowest BCUT2D eigenvalue weighted by atomic mass is 9.90. The van der Waals surface area contributed by atoms with E-state index in [4.69, 9.17) is 14.7 Å². The van der Waals surface area contributed by atoms with Crippen molar-refractivity contribution in [2.45, 2.75) is 84.3 Å². The number of nitrogens with one attached hydrogen (secondary N) is 2. The highest BCUT2D eigenvalue weighted by molar-refractivity contribution is 6.06. The maximum atomic E-state index is 14.1. The Morgan fingerprint density at radius 2 is 1.84 bits per heavy atom. The zero-order valence-corrected chi connectivity index (χ0v) is 33.6. The van der Waals surface area contributed by atoms with Gasteiger partial charge in [-0.05, 0) is 99.3 Å². The average Bonchev–Trinajstić information content (AvgIpc) is 3.62. The van der Waals surface area contributed by atoms with Gasteiger partial charge in [0.2, 0.25) is 5.91 Å². The number of hydrogen-bond acceptors (Lipinski definition) is 9. The van der Waals surface area contributed by atoms with Gasteiger partial charge in [-0.15, -0.1) is 0 Å². The van der Waals surface area contributed by atoms with Crippen molar-refractivity contribution in [1.82, 2.24) is 24.0 Å². The monoisotopic (exact) mass is 771 g/mol. The number of nitrogens with zero attached hydrogens (tertiary/aromatic N) is 7. The first-order valence-electron chi connectivity index (χ1n) is 20.5. The SMILES string of the molecule is C=CC(=O)Nc1cc(Nc2nc3c(n(C)c2=O)CCCc2c-3ccnc2N2CCn3c(cc4c3CC(C)(C)C4)C2=O)ccc1N1CCN(C2CCOCC2)CC1C. The van der Waals surface area contributed by atoms with Crippen molar-refractivity contribution in [3.8, 4) is 11.3 Å². The Balaban J connectivity index is 1.02. The van der Waals surface area contributed by atoms with Crippen LogP contribution in [0.2, 0.25) is 0 Å². The number of pyridine rings is 1. The molecule has 1 unspecified atom stereocenters. The second kappa shape index (κ2) is 14.6. The van der Waals surface area contributed by atoms with Crippen molar-refractivity contribution in [3.63, 3.8) is 0 Å². The molecule has 9 rings (SSSR count). The Kier molecular flexibility index (Phi) is 9.55. The lowest BCUT2D eigenvalue weighted by Crippen LogP contribution is -2.56. The molecular weight excluding hydrogens is 719 g/mol. The minimum Gasteiger partial charge on any atom is -0.381 e. The molecule has 0 saturated carbocycles. The summed E-state index contributed by atoms with van der Waals surface area (Å²) in [6.45, 7) is 16.1. The van der Waals surface area contributed by atoms with Crippen molar-refractivity contribution in [2.24, 2.45) is 12.5 Å². The molecule has 2 saturated heterocycles. The topological polar surface area (TPSA) is 130 Å². The molecule has 13 heteroatoms. The normalized spacial score (nSPS) is 20.6. The number of fused-ring (bicyclic) bond motifs is 6. The van der Waals surface area contributed by atoms with Gasteiger partial charge in [0, 0.05) is 99.5 Å². The standard InChI is InChI=1S/C44H53N9O4/c1-6-38(54)47-33-23-29(10-11-34(33)51-17-16-50(26-27(51)2)30-13-20-57-21-14-30)46-40-43(56)49(5)35-9-7-8-32-31(39(35)48-40)12-15-45-41(32)53-19-18-52-36(42(53)55)22-28-24-44(3,4)25-37(28)52/h6,10-12,15,22-23,27,30H,1,7-9,13-14,16-21,24-26H2,2-5H3,(H,46,48)(H,47,54). The van der Waals surface area contributed by atoms with E-state index in [1.54, 1.807) is 17.8 Å². The van der Waals surface area contributed by atoms with Crippen molar-refractivity contribution >= 4 is 40.5 Å². The summed E-state index contributed by atoms with van der Waals surface area (Å²) in [4.78, 5) is 57.4. The molecule has 5 aliphatic rings.